The largest absolute Gasteiger partial charge is 0.355 e. The Bertz CT molecular complexity index is 2210. The normalized spacial score (nSPS) is 12.8. The van der Waals surface area contributed by atoms with Crippen molar-refractivity contribution in [3.63, 3.8) is 0 Å². The van der Waals surface area contributed by atoms with Crippen LogP contribution >= 0.6 is 0 Å². The van der Waals surface area contributed by atoms with Crippen LogP contribution < -0.4 is 21.4 Å². The quantitative estimate of drug-likeness (QED) is 0.246. The minimum absolute atomic E-state index is 1.06. The average Bonchev–Trinajstić information content (AvgIpc) is 3.68. The SMILES string of the molecule is C1=c2ccc([nH]2)=Cc2ccc([nH]2)C=c2[nH]c(c3ccc4cc5ccccc5cc4c23)=Cc2ccc1[nH]2. The predicted molar refractivity (Wildman–Crippen MR) is 148 cm³/mol. The van der Waals surface area contributed by atoms with Crippen LogP contribution in [0.3, 0.4) is 0 Å². The van der Waals surface area contributed by atoms with Gasteiger partial charge in [-0.3, -0.25) is 0 Å². The van der Waals surface area contributed by atoms with Gasteiger partial charge in [0, 0.05) is 54.9 Å². The van der Waals surface area contributed by atoms with Crippen molar-refractivity contribution in [2.45, 2.75) is 0 Å². The smallest absolute Gasteiger partial charge is 0.0492 e. The number of hydrogen-bond acceptors (Lipinski definition) is 0. The minimum Gasteiger partial charge on any atom is -0.355 e. The van der Waals surface area contributed by atoms with Gasteiger partial charge in [-0.25, -0.2) is 0 Å². The molecule has 0 aliphatic carbocycles. The van der Waals surface area contributed by atoms with Crippen molar-refractivity contribution in [1.82, 2.24) is 19.9 Å². The number of hydrogen-bond donors (Lipinski definition) is 4. The van der Waals surface area contributed by atoms with E-state index in [1.807, 2.05) is 0 Å². The molecule has 0 fully saturated rings. The molecule has 0 saturated carbocycles. The van der Waals surface area contributed by atoms with Crippen LogP contribution in [0.1, 0.15) is 22.8 Å². The summed E-state index contributed by atoms with van der Waals surface area (Å²) in [5.74, 6) is 0. The van der Waals surface area contributed by atoms with E-state index >= 15 is 0 Å². The first-order chi connectivity index (χ1) is 17.7. The van der Waals surface area contributed by atoms with Gasteiger partial charge in [-0.15, -0.1) is 0 Å². The Labute approximate surface area is 205 Å². The highest BCUT2D eigenvalue weighted by atomic mass is 14.8. The summed E-state index contributed by atoms with van der Waals surface area (Å²) in [4.78, 5) is 14.3. The number of H-pyrrole nitrogens is 4. The van der Waals surface area contributed by atoms with E-state index in [1.54, 1.807) is 0 Å². The van der Waals surface area contributed by atoms with E-state index in [9.17, 15) is 0 Å². The molecule has 0 unspecified atom stereocenters. The molecule has 3 aromatic carbocycles. The van der Waals surface area contributed by atoms with E-state index in [0.717, 1.165) is 44.2 Å². The van der Waals surface area contributed by atoms with Crippen LogP contribution in [0.4, 0.5) is 0 Å². The van der Waals surface area contributed by atoms with Gasteiger partial charge in [0.1, 0.15) is 0 Å². The molecule has 4 N–H and O–H groups in total. The van der Waals surface area contributed by atoms with Crippen molar-refractivity contribution >= 4 is 56.6 Å². The van der Waals surface area contributed by atoms with Crippen LogP contribution in [0.25, 0.3) is 56.6 Å². The third kappa shape index (κ3) is 3.08. The van der Waals surface area contributed by atoms with Crippen LogP contribution in [-0.2, 0) is 0 Å². The van der Waals surface area contributed by atoms with Gasteiger partial charge in [0.15, 0.2) is 0 Å². The van der Waals surface area contributed by atoms with Crippen molar-refractivity contribution in [2.24, 2.45) is 0 Å². The lowest BCUT2D eigenvalue weighted by Gasteiger charge is -2.04. The number of aromatic nitrogens is 4. The third-order valence-electron chi connectivity index (χ3n) is 7.13. The highest BCUT2D eigenvalue weighted by Gasteiger charge is 2.09. The van der Waals surface area contributed by atoms with Gasteiger partial charge in [-0.2, -0.15) is 0 Å². The second kappa shape index (κ2) is 7.27. The van der Waals surface area contributed by atoms with E-state index in [-0.39, 0.29) is 0 Å². The molecule has 1 aliphatic rings. The first-order valence-electron chi connectivity index (χ1n) is 12.2. The average molecular weight is 463 g/mol. The fourth-order valence-corrected chi connectivity index (χ4v) is 5.47. The summed E-state index contributed by atoms with van der Waals surface area (Å²) in [5.41, 5.74) is 4.23. The molecule has 0 spiro atoms. The van der Waals surface area contributed by atoms with Crippen molar-refractivity contribution in [2.75, 3.05) is 0 Å². The summed E-state index contributed by atoms with van der Waals surface area (Å²) in [6.07, 6.45) is 8.68. The monoisotopic (exact) mass is 462 g/mol. The standard InChI is InChI=1S/C32H22N4/c1-2-4-20-14-29-21(13-19(20)3-1)5-12-28-30-17-26-10-8-24(34-26)15-22-6-7-23(33-22)16-25-9-11-27(35-25)18-31(36-30)32(28)29/h1-18,33-36H. The number of aromatic amines is 4. The van der Waals surface area contributed by atoms with Crippen LogP contribution in [-0.4, -0.2) is 19.9 Å². The van der Waals surface area contributed by atoms with Gasteiger partial charge in [0.25, 0.3) is 0 Å². The summed E-state index contributed by atoms with van der Waals surface area (Å²) in [7, 11) is 0. The Balaban J connectivity index is 1.51. The summed E-state index contributed by atoms with van der Waals surface area (Å²) >= 11 is 0. The molecule has 0 amide bonds. The lowest BCUT2D eigenvalue weighted by molar-refractivity contribution is 1.23. The van der Waals surface area contributed by atoms with Crippen molar-refractivity contribution < 1.29 is 0 Å². The molecule has 0 saturated heterocycles. The van der Waals surface area contributed by atoms with E-state index in [1.165, 1.54) is 32.3 Å². The van der Waals surface area contributed by atoms with Crippen LogP contribution in [0, 0.1) is 0 Å². The molecular formula is C32H22N4. The van der Waals surface area contributed by atoms with Gasteiger partial charge in [-0.1, -0.05) is 36.4 Å². The highest BCUT2D eigenvalue weighted by Crippen LogP contribution is 2.27. The van der Waals surface area contributed by atoms with Gasteiger partial charge >= 0.3 is 0 Å². The predicted octanol–water partition coefficient (Wildman–Crippen LogP) is 4.09. The van der Waals surface area contributed by atoms with Gasteiger partial charge in [-0.05, 0) is 94.4 Å². The number of fused-ring (bicyclic) bond motifs is 14. The maximum atomic E-state index is 3.73. The molecule has 36 heavy (non-hydrogen) atoms. The van der Waals surface area contributed by atoms with Crippen molar-refractivity contribution in [1.29, 1.82) is 0 Å². The van der Waals surface area contributed by atoms with E-state index in [0.29, 0.717) is 0 Å². The summed E-state index contributed by atoms with van der Waals surface area (Å²) < 4.78 is 0. The van der Waals surface area contributed by atoms with E-state index < -0.39 is 0 Å². The molecule has 0 atom stereocenters. The minimum atomic E-state index is 1.06. The Morgan fingerprint density at radius 1 is 0.389 bits per heavy atom. The molecule has 4 nitrogen and oxygen atoms in total. The zero-order valence-corrected chi connectivity index (χ0v) is 19.4. The first-order valence-corrected chi connectivity index (χ1v) is 12.2. The van der Waals surface area contributed by atoms with Crippen LogP contribution in [0.5, 0.6) is 0 Å². The molecule has 170 valence electrons. The molecule has 7 aromatic rings. The van der Waals surface area contributed by atoms with Gasteiger partial charge in [0.2, 0.25) is 0 Å². The third-order valence-corrected chi connectivity index (χ3v) is 7.13. The molecule has 4 heteroatoms. The molecule has 4 aromatic heterocycles. The zero-order chi connectivity index (χ0) is 23.6. The molecular weight excluding hydrogens is 440 g/mol. The zero-order valence-electron chi connectivity index (χ0n) is 19.4. The van der Waals surface area contributed by atoms with Gasteiger partial charge < -0.3 is 19.9 Å². The number of benzene rings is 3. The van der Waals surface area contributed by atoms with Crippen LogP contribution in [0.15, 0.2) is 84.9 Å². The molecule has 1 aliphatic heterocycles. The first kappa shape index (κ1) is 19.4. The Kier molecular flexibility index (Phi) is 3.91. The number of nitrogens with one attached hydrogen (secondary N) is 4. The summed E-state index contributed by atoms with van der Waals surface area (Å²) in [5, 5.41) is 11.8. The second-order valence-electron chi connectivity index (χ2n) is 9.55. The maximum absolute atomic E-state index is 3.73. The van der Waals surface area contributed by atoms with Crippen molar-refractivity contribution in [3.05, 3.63) is 129 Å². The Morgan fingerprint density at radius 2 is 1.00 bits per heavy atom. The summed E-state index contributed by atoms with van der Waals surface area (Å²) in [6.45, 7) is 0. The van der Waals surface area contributed by atoms with Crippen molar-refractivity contribution in [3.8, 4) is 0 Å². The molecule has 8 bridgehead atoms. The topological polar surface area (TPSA) is 63.2 Å². The van der Waals surface area contributed by atoms with E-state index in [4.69, 9.17) is 0 Å². The molecule has 0 radical (unpaired) electrons. The lowest BCUT2D eigenvalue weighted by atomic mass is 9.99. The maximum Gasteiger partial charge on any atom is 0.0492 e. The highest BCUT2D eigenvalue weighted by molar-refractivity contribution is 6.12. The Morgan fingerprint density at radius 3 is 1.69 bits per heavy atom. The fraction of sp³-hybridized carbons (Fsp3) is 0. The second-order valence-corrected chi connectivity index (χ2v) is 9.55. The molecule has 8 rings (SSSR count). The van der Waals surface area contributed by atoms with E-state index in [2.05, 4.69) is 129 Å². The number of rotatable bonds is 0. The summed E-state index contributed by atoms with van der Waals surface area (Å²) in [6, 6.07) is 30.4. The van der Waals surface area contributed by atoms with Gasteiger partial charge in [0.05, 0.1) is 0 Å². The lowest BCUT2D eigenvalue weighted by Crippen LogP contribution is -2.11. The Hall–Kier alpha value is -4.96. The fourth-order valence-electron chi connectivity index (χ4n) is 5.47. The molecule has 5 heterocycles. The van der Waals surface area contributed by atoms with Crippen LogP contribution in [0.2, 0.25) is 0 Å².